The smallest absolute Gasteiger partial charge is 0.121 e. The van der Waals surface area contributed by atoms with Crippen LogP contribution in [0.4, 0.5) is 0 Å². The van der Waals surface area contributed by atoms with Gasteiger partial charge in [-0.15, -0.1) is 0 Å². The van der Waals surface area contributed by atoms with Gasteiger partial charge in [-0.05, 0) is 63.8 Å². The molecule has 0 spiro atoms. The van der Waals surface area contributed by atoms with Crippen LogP contribution < -0.4 is 0 Å². The number of phenols is 2. The Bertz CT molecular complexity index is 1900. The number of rotatable bonds is 6. The summed E-state index contributed by atoms with van der Waals surface area (Å²) in [6.07, 6.45) is 7.52. The zero-order chi connectivity index (χ0) is 38.9. The van der Waals surface area contributed by atoms with Crippen molar-refractivity contribution in [3.05, 3.63) is 139 Å². The molecular formula is C48H66O2SiZr. The van der Waals surface area contributed by atoms with Crippen molar-refractivity contribution in [2.24, 2.45) is 0 Å². The van der Waals surface area contributed by atoms with Gasteiger partial charge in [-0.1, -0.05) is 35.4 Å². The van der Waals surface area contributed by atoms with E-state index >= 15 is 0 Å². The van der Waals surface area contributed by atoms with Crippen LogP contribution >= 0.6 is 0 Å². The Morgan fingerprint density at radius 2 is 0.885 bits per heavy atom. The summed E-state index contributed by atoms with van der Waals surface area (Å²) in [5.74, 6) is 1.98. The van der Waals surface area contributed by atoms with Crippen molar-refractivity contribution in [2.75, 3.05) is 0 Å². The van der Waals surface area contributed by atoms with Gasteiger partial charge in [-0.2, -0.15) is 0 Å². The molecule has 4 aromatic carbocycles. The van der Waals surface area contributed by atoms with Crippen molar-refractivity contribution in [2.45, 2.75) is 124 Å². The molecule has 0 saturated carbocycles. The van der Waals surface area contributed by atoms with E-state index in [1.165, 1.54) is 22.3 Å². The number of phenolic OH excluding ortho intramolecular Hbond substituents is 2. The molecule has 2 aliphatic carbocycles. The van der Waals surface area contributed by atoms with Gasteiger partial charge in [0.05, 0.1) is 0 Å². The molecule has 278 valence electrons. The van der Waals surface area contributed by atoms with Crippen LogP contribution in [-0.4, -0.2) is 17.1 Å². The van der Waals surface area contributed by atoms with Gasteiger partial charge in [-0.25, -0.2) is 0 Å². The van der Waals surface area contributed by atoms with Crippen LogP contribution in [0.15, 0.2) is 71.8 Å². The third-order valence-corrected chi connectivity index (χ3v) is 29.1. The SMILES string of the molecule is CCC1=Cc2c(C(C)C)cccc2[CH]1[Zr]([CH3])([CH3])(=[SiH2])[CH]1C(CC)=Cc2c(C(C)C)cccc21.Cc1cc(C)c(O)c(C)c1.Cc1cc(C)c(O)c(C)c1. The average Bonchev–Trinajstić information content (AvgIpc) is 3.66. The fraction of sp³-hybridized carbons (Fsp3) is 0.417. The maximum atomic E-state index is 9.33. The van der Waals surface area contributed by atoms with Crippen LogP contribution in [0.3, 0.4) is 0 Å². The molecule has 0 amide bonds. The zero-order valence-corrected chi connectivity index (χ0v) is 38.6. The Kier molecular flexibility index (Phi) is 13.0. The predicted molar refractivity (Wildman–Crippen MR) is 228 cm³/mol. The molecule has 0 heterocycles. The van der Waals surface area contributed by atoms with E-state index in [0.717, 1.165) is 35.1 Å². The summed E-state index contributed by atoms with van der Waals surface area (Å²) in [6, 6.07) is 22.2. The van der Waals surface area contributed by atoms with E-state index in [4.69, 9.17) is 0 Å². The Balaban J connectivity index is 0.000000245. The molecule has 4 aromatic rings. The molecule has 0 saturated heterocycles. The summed E-state index contributed by atoms with van der Waals surface area (Å²) in [7, 11) is 0. The van der Waals surface area contributed by atoms with Crippen LogP contribution in [0.1, 0.15) is 140 Å². The molecule has 52 heavy (non-hydrogen) atoms. The second kappa shape index (κ2) is 16.2. The first-order valence-corrected chi connectivity index (χ1v) is 33.2. The van der Waals surface area contributed by atoms with E-state index in [1.807, 2.05) is 65.8 Å². The molecule has 2 unspecified atom stereocenters. The minimum Gasteiger partial charge on any atom is -0.507 e. The van der Waals surface area contributed by atoms with Crippen LogP contribution in [0.5, 0.6) is 11.5 Å². The van der Waals surface area contributed by atoms with E-state index < -0.39 is 17.4 Å². The molecule has 4 heteroatoms. The number of allylic oxidation sites excluding steroid dienone is 2. The van der Waals surface area contributed by atoms with E-state index in [-0.39, 0.29) is 0 Å². The summed E-state index contributed by atoms with van der Waals surface area (Å²) in [6.45, 7) is 28.3. The fourth-order valence-electron chi connectivity index (χ4n) is 9.35. The van der Waals surface area contributed by atoms with Gasteiger partial charge in [0.2, 0.25) is 0 Å². The largest absolute Gasteiger partial charge is 0.507 e. The summed E-state index contributed by atoms with van der Waals surface area (Å²) in [5, 5.41) is 18.7. The summed E-state index contributed by atoms with van der Waals surface area (Å²) in [4.78, 5) is 0. The van der Waals surface area contributed by atoms with E-state index in [2.05, 4.69) is 106 Å². The van der Waals surface area contributed by atoms with Crippen molar-refractivity contribution in [3.63, 3.8) is 0 Å². The maximum absolute atomic E-state index is 9.33. The van der Waals surface area contributed by atoms with Crippen LogP contribution in [0, 0.1) is 41.5 Å². The van der Waals surface area contributed by atoms with Crippen LogP contribution in [0.25, 0.3) is 12.2 Å². The Hall–Kier alpha value is -2.94. The van der Waals surface area contributed by atoms with Crippen molar-refractivity contribution >= 4 is 19.0 Å². The number of benzene rings is 4. The third-order valence-electron chi connectivity index (χ3n) is 11.6. The first kappa shape index (κ1) is 41.8. The van der Waals surface area contributed by atoms with Crippen LogP contribution in [-0.2, 0) is 17.4 Å². The molecule has 0 aromatic heterocycles. The summed E-state index contributed by atoms with van der Waals surface area (Å²) in [5.41, 5.74) is 19.1. The van der Waals surface area contributed by atoms with E-state index in [1.54, 1.807) is 33.4 Å². The predicted octanol–water partition coefficient (Wildman–Crippen LogP) is 13.3. The first-order valence-electron chi connectivity index (χ1n) is 19.5. The van der Waals surface area contributed by atoms with Gasteiger partial charge in [0.15, 0.2) is 0 Å². The van der Waals surface area contributed by atoms with Crippen molar-refractivity contribution in [1.29, 1.82) is 0 Å². The second-order valence-electron chi connectivity index (χ2n) is 17.5. The molecule has 0 radical (unpaired) electrons. The monoisotopic (exact) mass is 792 g/mol. The molecule has 2 nitrogen and oxygen atoms in total. The topological polar surface area (TPSA) is 40.5 Å². The van der Waals surface area contributed by atoms with Crippen molar-refractivity contribution in [3.8, 4) is 11.5 Å². The molecular weight excluding hydrogens is 728 g/mol. The molecule has 6 rings (SSSR count). The van der Waals surface area contributed by atoms with Crippen LogP contribution in [0.2, 0.25) is 9.26 Å². The van der Waals surface area contributed by atoms with Crippen molar-refractivity contribution in [1.82, 2.24) is 0 Å². The summed E-state index contributed by atoms with van der Waals surface area (Å²) >= 11 is -3.39. The summed E-state index contributed by atoms with van der Waals surface area (Å²) < 4.78 is 6.83. The molecule has 0 bridgehead atoms. The molecule has 2 atom stereocenters. The molecule has 2 aliphatic rings. The molecule has 0 aliphatic heterocycles. The number of hydrogen-bond donors (Lipinski definition) is 2. The second-order valence-corrected chi connectivity index (χ2v) is 47.9. The fourth-order valence-corrected chi connectivity index (χ4v) is 29.5. The van der Waals surface area contributed by atoms with Gasteiger partial charge < -0.3 is 10.2 Å². The Morgan fingerprint density at radius 3 is 1.15 bits per heavy atom. The standard InChI is InChI=1S/2C14H17.2C9H12O.2CH3.H2Si.Zr/c2*1-4-11-8-12-6-5-7-13(10(2)3)14(12)9-11;2*1-6-4-7(2)9(10)8(3)5-6;;;;/h2*5-10H,4H2,1-3H3;2*4-5,10H,1-3H3;2*1H3;1H2;. The third kappa shape index (κ3) is 8.39. The Labute approximate surface area is 319 Å². The van der Waals surface area contributed by atoms with Gasteiger partial charge in [-0.3, -0.25) is 0 Å². The number of aryl methyl sites for hydroxylation is 6. The number of hydrogen-bond acceptors (Lipinski definition) is 2. The Morgan fingerprint density at radius 1 is 0.577 bits per heavy atom. The van der Waals surface area contributed by atoms with E-state index in [9.17, 15) is 10.2 Å². The van der Waals surface area contributed by atoms with Gasteiger partial charge >= 0.3 is 200 Å². The van der Waals surface area contributed by atoms with Crippen molar-refractivity contribution < 1.29 is 27.6 Å². The minimum atomic E-state index is -3.39. The quantitative estimate of drug-likeness (QED) is 0.191. The zero-order valence-electron chi connectivity index (χ0n) is 34.8. The molecule has 2 N–H and O–H groups in total. The normalized spacial score (nSPS) is 16.4. The van der Waals surface area contributed by atoms with E-state index in [0.29, 0.717) is 30.6 Å². The average molecular weight is 794 g/mol. The van der Waals surface area contributed by atoms with Gasteiger partial charge in [0, 0.05) is 0 Å². The minimum absolute atomic E-state index is 0.422. The van der Waals surface area contributed by atoms with Gasteiger partial charge in [0.25, 0.3) is 0 Å². The maximum Gasteiger partial charge on any atom is 0.121 e. The first-order chi connectivity index (χ1) is 24.2. The number of aromatic hydroxyl groups is 2. The molecule has 0 fully saturated rings. The van der Waals surface area contributed by atoms with Gasteiger partial charge in [0.1, 0.15) is 11.5 Å². The number of fused-ring (bicyclic) bond motifs is 2.